The maximum atomic E-state index is 9.10. The number of benzene rings is 1. The Bertz CT molecular complexity index is 551. The molecule has 0 aliphatic carbocycles. The highest BCUT2D eigenvalue weighted by Gasteiger charge is 2.22. The van der Waals surface area contributed by atoms with E-state index in [-0.39, 0.29) is 6.61 Å². The minimum Gasteiger partial charge on any atom is -0.396 e. The van der Waals surface area contributed by atoms with Gasteiger partial charge in [0.15, 0.2) is 5.82 Å². The van der Waals surface area contributed by atoms with Gasteiger partial charge in [-0.25, -0.2) is 0 Å². The summed E-state index contributed by atoms with van der Waals surface area (Å²) >= 11 is 0. The standard InChI is InChI=1S/C15H19N3O/c19-9-7-12-4-3-8-18(11-12)15-14-6-2-1-5-13(14)10-16-17-15/h1-2,5-6,10,12,19H,3-4,7-9,11H2. The number of aliphatic hydroxyl groups excluding tert-OH is 1. The molecule has 0 bridgehead atoms. The SMILES string of the molecule is OCCC1CCCN(c2nncc3ccccc23)C1. The molecule has 4 nitrogen and oxygen atoms in total. The maximum absolute atomic E-state index is 9.10. The van der Waals surface area contributed by atoms with Crippen LogP contribution in [0.25, 0.3) is 10.8 Å². The highest BCUT2D eigenvalue weighted by Crippen LogP contribution is 2.28. The van der Waals surface area contributed by atoms with Crippen LogP contribution < -0.4 is 4.90 Å². The zero-order valence-corrected chi connectivity index (χ0v) is 11.0. The van der Waals surface area contributed by atoms with E-state index in [0.29, 0.717) is 5.92 Å². The lowest BCUT2D eigenvalue weighted by atomic mass is 9.95. The lowest BCUT2D eigenvalue weighted by Crippen LogP contribution is -2.36. The van der Waals surface area contributed by atoms with E-state index in [1.807, 2.05) is 18.3 Å². The average molecular weight is 257 g/mol. The van der Waals surface area contributed by atoms with Crippen molar-refractivity contribution < 1.29 is 5.11 Å². The van der Waals surface area contributed by atoms with Crippen LogP contribution >= 0.6 is 0 Å². The summed E-state index contributed by atoms with van der Waals surface area (Å²) in [4.78, 5) is 2.32. The van der Waals surface area contributed by atoms with Crippen LogP contribution in [0.1, 0.15) is 19.3 Å². The molecule has 1 aromatic heterocycles. The van der Waals surface area contributed by atoms with Gasteiger partial charge in [-0.2, -0.15) is 5.10 Å². The Balaban J connectivity index is 1.91. The summed E-state index contributed by atoms with van der Waals surface area (Å²) in [5, 5.41) is 19.9. The van der Waals surface area contributed by atoms with Gasteiger partial charge in [0.1, 0.15) is 0 Å². The van der Waals surface area contributed by atoms with Gasteiger partial charge in [-0.15, -0.1) is 5.10 Å². The molecule has 4 heteroatoms. The Morgan fingerprint density at radius 1 is 1.32 bits per heavy atom. The molecule has 2 aromatic rings. The zero-order valence-electron chi connectivity index (χ0n) is 11.0. The Labute approximate surface area is 113 Å². The second-order valence-electron chi connectivity index (χ2n) is 5.22. The molecule has 1 aromatic carbocycles. The molecular weight excluding hydrogens is 238 g/mol. The molecule has 0 saturated carbocycles. The topological polar surface area (TPSA) is 49.2 Å². The van der Waals surface area contributed by atoms with Crippen LogP contribution in [0.3, 0.4) is 0 Å². The predicted molar refractivity (Wildman–Crippen MR) is 76.2 cm³/mol. The summed E-state index contributed by atoms with van der Waals surface area (Å²) in [7, 11) is 0. The average Bonchev–Trinajstić information content (AvgIpc) is 2.47. The Hall–Kier alpha value is -1.68. The second kappa shape index (κ2) is 5.53. The van der Waals surface area contributed by atoms with Crippen molar-refractivity contribution >= 4 is 16.6 Å². The highest BCUT2D eigenvalue weighted by atomic mass is 16.3. The number of hydrogen-bond donors (Lipinski definition) is 1. The minimum atomic E-state index is 0.278. The quantitative estimate of drug-likeness (QED) is 0.916. The number of nitrogens with zero attached hydrogens (tertiary/aromatic N) is 3. The number of rotatable bonds is 3. The van der Waals surface area contributed by atoms with Crippen molar-refractivity contribution in [1.29, 1.82) is 0 Å². The lowest BCUT2D eigenvalue weighted by molar-refractivity contribution is 0.244. The van der Waals surface area contributed by atoms with E-state index in [0.717, 1.165) is 37.1 Å². The molecule has 100 valence electrons. The van der Waals surface area contributed by atoms with Gasteiger partial charge in [-0.3, -0.25) is 0 Å². The number of fused-ring (bicyclic) bond motifs is 1. The van der Waals surface area contributed by atoms with E-state index in [2.05, 4.69) is 27.2 Å². The summed E-state index contributed by atoms with van der Waals surface area (Å²) in [5.74, 6) is 1.56. The van der Waals surface area contributed by atoms with Gasteiger partial charge in [0.05, 0.1) is 6.20 Å². The zero-order chi connectivity index (χ0) is 13.1. The summed E-state index contributed by atoms with van der Waals surface area (Å²) in [6.07, 6.45) is 5.06. The molecule has 0 spiro atoms. The molecule has 1 fully saturated rings. The molecule has 1 atom stereocenters. The van der Waals surface area contributed by atoms with Gasteiger partial charge in [-0.05, 0) is 25.2 Å². The molecule has 1 aliphatic heterocycles. The van der Waals surface area contributed by atoms with Crippen LogP contribution in [-0.2, 0) is 0 Å². The molecule has 3 rings (SSSR count). The molecule has 1 unspecified atom stereocenters. The molecule has 0 radical (unpaired) electrons. The van der Waals surface area contributed by atoms with E-state index >= 15 is 0 Å². The predicted octanol–water partition coefficient (Wildman–Crippen LogP) is 2.23. The first-order chi connectivity index (χ1) is 9.38. The third kappa shape index (κ3) is 2.54. The summed E-state index contributed by atoms with van der Waals surface area (Å²) < 4.78 is 0. The fourth-order valence-electron chi connectivity index (χ4n) is 2.92. The summed E-state index contributed by atoms with van der Waals surface area (Å²) in [5.41, 5.74) is 0. The van der Waals surface area contributed by atoms with E-state index in [9.17, 15) is 0 Å². The van der Waals surface area contributed by atoms with Gasteiger partial charge in [0.2, 0.25) is 0 Å². The van der Waals surface area contributed by atoms with Crippen LogP contribution in [0.5, 0.6) is 0 Å². The Kier molecular flexibility index (Phi) is 3.60. The van der Waals surface area contributed by atoms with E-state index in [1.165, 1.54) is 11.8 Å². The van der Waals surface area contributed by atoms with E-state index in [1.54, 1.807) is 0 Å². The van der Waals surface area contributed by atoms with Crippen LogP contribution in [0, 0.1) is 5.92 Å². The number of hydrogen-bond acceptors (Lipinski definition) is 4. The van der Waals surface area contributed by atoms with E-state index < -0.39 is 0 Å². The van der Waals surface area contributed by atoms with Gasteiger partial charge < -0.3 is 10.0 Å². The normalized spacial score (nSPS) is 19.8. The lowest BCUT2D eigenvalue weighted by Gasteiger charge is -2.33. The van der Waals surface area contributed by atoms with Gasteiger partial charge in [-0.1, -0.05) is 24.3 Å². The largest absolute Gasteiger partial charge is 0.396 e. The van der Waals surface area contributed by atoms with Crippen molar-refractivity contribution in [3.05, 3.63) is 30.5 Å². The van der Waals surface area contributed by atoms with Crippen molar-refractivity contribution in [2.75, 3.05) is 24.6 Å². The first-order valence-corrected chi connectivity index (χ1v) is 6.94. The van der Waals surface area contributed by atoms with Crippen molar-refractivity contribution in [2.24, 2.45) is 5.92 Å². The third-order valence-electron chi connectivity index (χ3n) is 3.91. The summed E-state index contributed by atoms with van der Waals surface area (Å²) in [6.45, 7) is 2.29. The fourth-order valence-corrected chi connectivity index (χ4v) is 2.92. The molecule has 1 saturated heterocycles. The molecule has 2 heterocycles. The third-order valence-corrected chi connectivity index (χ3v) is 3.91. The highest BCUT2D eigenvalue weighted by molar-refractivity contribution is 5.91. The van der Waals surface area contributed by atoms with Crippen molar-refractivity contribution in [1.82, 2.24) is 10.2 Å². The number of aromatic nitrogens is 2. The fraction of sp³-hybridized carbons (Fsp3) is 0.467. The van der Waals surface area contributed by atoms with Gasteiger partial charge in [0.25, 0.3) is 0 Å². The number of aliphatic hydroxyl groups is 1. The van der Waals surface area contributed by atoms with Crippen LogP contribution in [0.15, 0.2) is 30.5 Å². The molecular formula is C15H19N3O. The van der Waals surface area contributed by atoms with Crippen molar-refractivity contribution in [3.8, 4) is 0 Å². The second-order valence-corrected chi connectivity index (χ2v) is 5.22. The maximum Gasteiger partial charge on any atom is 0.159 e. The van der Waals surface area contributed by atoms with Crippen molar-refractivity contribution in [2.45, 2.75) is 19.3 Å². The monoisotopic (exact) mass is 257 g/mol. The molecule has 1 N–H and O–H groups in total. The summed E-state index contributed by atoms with van der Waals surface area (Å²) in [6, 6.07) is 8.25. The van der Waals surface area contributed by atoms with Crippen LogP contribution in [0.4, 0.5) is 5.82 Å². The van der Waals surface area contributed by atoms with E-state index in [4.69, 9.17) is 5.11 Å². The molecule has 19 heavy (non-hydrogen) atoms. The van der Waals surface area contributed by atoms with Gasteiger partial charge >= 0.3 is 0 Å². The smallest absolute Gasteiger partial charge is 0.159 e. The Morgan fingerprint density at radius 2 is 2.21 bits per heavy atom. The number of anilines is 1. The molecule has 0 amide bonds. The van der Waals surface area contributed by atoms with Crippen LogP contribution in [0.2, 0.25) is 0 Å². The number of piperidine rings is 1. The minimum absolute atomic E-state index is 0.278. The Morgan fingerprint density at radius 3 is 3.11 bits per heavy atom. The first kappa shape index (κ1) is 12.4. The first-order valence-electron chi connectivity index (χ1n) is 6.94. The molecule has 1 aliphatic rings. The van der Waals surface area contributed by atoms with Crippen LogP contribution in [-0.4, -0.2) is 35.0 Å². The van der Waals surface area contributed by atoms with Gasteiger partial charge in [0, 0.05) is 30.5 Å². The van der Waals surface area contributed by atoms with Crippen molar-refractivity contribution in [3.63, 3.8) is 0 Å².